The van der Waals surface area contributed by atoms with Crippen molar-refractivity contribution in [3.05, 3.63) is 98.6 Å². The predicted octanol–water partition coefficient (Wildman–Crippen LogP) is 6.35. The van der Waals surface area contributed by atoms with Gasteiger partial charge in [-0.3, -0.25) is 9.59 Å². The number of amides is 2. The molecule has 0 spiro atoms. The molecule has 2 amide bonds. The van der Waals surface area contributed by atoms with Crippen LogP contribution in [0.1, 0.15) is 11.1 Å². The van der Waals surface area contributed by atoms with E-state index in [0.717, 1.165) is 10.5 Å². The number of carbonyl (C=O) groups is 2. The third-order valence-electron chi connectivity index (χ3n) is 4.73. The lowest BCUT2D eigenvalue weighted by molar-refractivity contribution is -0.120. The van der Waals surface area contributed by atoms with E-state index < -0.39 is 11.8 Å². The van der Waals surface area contributed by atoms with Crippen molar-refractivity contribution in [2.45, 2.75) is 6.92 Å². The van der Waals surface area contributed by atoms with Crippen LogP contribution in [0, 0.1) is 6.92 Å². The van der Waals surface area contributed by atoms with E-state index in [2.05, 4.69) is 5.32 Å². The molecule has 0 radical (unpaired) electrons. The van der Waals surface area contributed by atoms with Crippen LogP contribution < -0.4 is 10.2 Å². The smallest absolute Gasteiger partial charge is 0.282 e. The summed E-state index contributed by atoms with van der Waals surface area (Å²) in [6, 6.07) is 18.6. The highest BCUT2D eigenvalue weighted by molar-refractivity contribution is 6.46. The van der Waals surface area contributed by atoms with E-state index in [1.807, 2.05) is 6.92 Å². The summed E-state index contributed by atoms with van der Waals surface area (Å²) in [5.41, 5.74) is 2.92. The Hall–Kier alpha value is -2.79. The summed E-state index contributed by atoms with van der Waals surface area (Å²) in [6.45, 7) is 1.87. The molecule has 150 valence electrons. The Morgan fingerprint density at radius 1 is 0.767 bits per heavy atom. The van der Waals surface area contributed by atoms with Gasteiger partial charge in [0.25, 0.3) is 11.8 Å². The number of carbonyl (C=O) groups excluding carboxylic acids is 2. The number of benzene rings is 3. The maximum Gasteiger partial charge on any atom is 0.282 e. The fraction of sp³-hybridized carbons (Fsp3) is 0.0435. The second-order valence-electron chi connectivity index (χ2n) is 6.77. The standard InChI is InChI=1S/C23H15Cl3N2O2/c1-13-11-17(26)9-10-19(13)27-21-20(14-5-7-15(24)8-6-14)22(29)28(23(21)30)18-4-2-3-16(25)12-18/h2-12,27H,1H3. The molecule has 1 aliphatic rings. The zero-order chi connectivity index (χ0) is 21.4. The van der Waals surface area contributed by atoms with Gasteiger partial charge in [0, 0.05) is 20.8 Å². The van der Waals surface area contributed by atoms with Gasteiger partial charge in [0.2, 0.25) is 0 Å². The van der Waals surface area contributed by atoms with E-state index in [4.69, 9.17) is 34.8 Å². The molecule has 30 heavy (non-hydrogen) atoms. The van der Waals surface area contributed by atoms with Crippen LogP contribution >= 0.6 is 34.8 Å². The van der Waals surface area contributed by atoms with E-state index >= 15 is 0 Å². The maximum absolute atomic E-state index is 13.4. The van der Waals surface area contributed by atoms with Crippen LogP contribution in [-0.2, 0) is 9.59 Å². The van der Waals surface area contributed by atoms with Crippen LogP contribution in [0.3, 0.4) is 0 Å². The summed E-state index contributed by atoms with van der Waals surface area (Å²) in [7, 11) is 0. The second kappa shape index (κ2) is 8.15. The highest BCUT2D eigenvalue weighted by Gasteiger charge is 2.40. The first-order chi connectivity index (χ1) is 14.3. The molecule has 4 nitrogen and oxygen atoms in total. The van der Waals surface area contributed by atoms with Gasteiger partial charge in [-0.2, -0.15) is 0 Å². The number of aryl methyl sites for hydroxylation is 1. The molecule has 0 aliphatic carbocycles. The molecule has 0 unspecified atom stereocenters. The quantitative estimate of drug-likeness (QED) is 0.464. The molecule has 7 heteroatoms. The summed E-state index contributed by atoms with van der Waals surface area (Å²) in [5, 5.41) is 4.68. The molecule has 0 atom stereocenters. The molecule has 0 fully saturated rings. The molecule has 0 saturated heterocycles. The molecule has 3 aromatic rings. The zero-order valence-corrected chi connectivity index (χ0v) is 18.0. The van der Waals surface area contributed by atoms with Gasteiger partial charge in [-0.15, -0.1) is 0 Å². The Balaban J connectivity index is 1.84. The van der Waals surface area contributed by atoms with Crippen molar-refractivity contribution in [1.29, 1.82) is 0 Å². The molecule has 1 N–H and O–H groups in total. The maximum atomic E-state index is 13.4. The monoisotopic (exact) mass is 456 g/mol. The Labute approximate surface area is 188 Å². The SMILES string of the molecule is Cc1cc(Cl)ccc1NC1=C(c2ccc(Cl)cc2)C(=O)N(c2cccc(Cl)c2)C1=O. The third-order valence-corrected chi connectivity index (χ3v) is 5.45. The average molecular weight is 458 g/mol. The number of hydrogen-bond acceptors (Lipinski definition) is 3. The summed E-state index contributed by atoms with van der Waals surface area (Å²) in [6.07, 6.45) is 0. The van der Waals surface area contributed by atoms with Crippen molar-refractivity contribution in [3.63, 3.8) is 0 Å². The van der Waals surface area contributed by atoms with Gasteiger partial charge in [-0.25, -0.2) is 4.90 Å². The number of hydrogen-bond donors (Lipinski definition) is 1. The minimum atomic E-state index is -0.471. The van der Waals surface area contributed by atoms with Gasteiger partial charge in [-0.1, -0.05) is 53.0 Å². The van der Waals surface area contributed by atoms with E-state index in [1.165, 1.54) is 0 Å². The normalized spacial score (nSPS) is 13.9. The van der Waals surface area contributed by atoms with E-state index in [9.17, 15) is 9.59 Å². The van der Waals surface area contributed by atoms with Gasteiger partial charge in [0.15, 0.2) is 0 Å². The molecule has 1 aliphatic heterocycles. The summed E-state index contributed by atoms with van der Waals surface area (Å²) in [5.74, 6) is -0.916. The van der Waals surface area contributed by atoms with Crippen molar-refractivity contribution in [3.8, 4) is 0 Å². The van der Waals surface area contributed by atoms with E-state index in [1.54, 1.807) is 66.7 Å². The first kappa shape index (κ1) is 20.5. The first-order valence-electron chi connectivity index (χ1n) is 9.03. The number of imide groups is 1. The molecule has 0 bridgehead atoms. The first-order valence-corrected chi connectivity index (χ1v) is 10.2. The van der Waals surface area contributed by atoms with E-state index in [-0.39, 0.29) is 11.3 Å². The van der Waals surface area contributed by atoms with Crippen LogP contribution in [0.25, 0.3) is 5.57 Å². The number of rotatable bonds is 4. The predicted molar refractivity (Wildman–Crippen MR) is 122 cm³/mol. The number of nitrogens with zero attached hydrogens (tertiary/aromatic N) is 1. The average Bonchev–Trinajstić information content (AvgIpc) is 2.94. The Morgan fingerprint density at radius 3 is 2.10 bits per heavy atom. The van der Waals surface area contributed by atoms with Crippen LogP contribution in [0.15, 0.2) is 72.4 Å². The molecular weight excluding hydrogens is 443 g/mol. The molecule has 0 aromatic heterocycles. The minimum Gasteiger partial charge on any atom is -0.350 e. The molecule has 4 rings (SSSR count). The number of anilines is 2. The lowest BCUT2D eigenvalue weighted by Crippen LogP contribution is -2.32. The molecule has 0 saturated carbocycles. The van der Waals surface area contributed by atoms with Gasteiger partial charge >= 0.3 is 0 Å². The van der Waals surface area contributed by atoms with Crippen LogP contribution in [0.2, 0.25) is 15.1 Å². The third kappa shape index (κ3) is 3.82. The minimum absolute atomic E-state index is 0.174. The van der Waals surface area contributed by atoms with Gasteiger partial charge in [-0.05, 0) is 66.6 Å². The van der Waals surface area contributed by atoms with Crippen molar-refractivity contribution < 1.29 is 9.59 Å². The second-order valence-corrected chi connectivity index (χ2v) is 8.08. The topological polar surface area (TPSA) is 49.4 Å². The fourth-order valence-electron chi connectivity index (χ4n) is 3.28. The van der Waals surface area contributed by atoms with Crippen LogP contribution in [0.4, 0.5) is 11.4 Å². The van der Waals surface area contributed by atoms with Gasteiger partial charge in [0.1, 0.15) is 5.70 Å². The van der Waals surface area contributed by atoms with Crippen molar-refractivity contribution in [2.75, 3.05) is 10.2 Å². The summed E-state index contributed by atoms with van der Waals surface area (Å²) in [4.78, 5) is 27.8. The number of halogens is 3. The van der Waals surface area contributed by atoms with Gasteiger partial charge in [0.05, 0.1) is 11.3 Å². The fourth-order valence-corrected chi connectivity index (χ4v) is 3.82. The van der Waals surface area contributed by atoms with Crippen molar-refractivity contribution in [2.24, 2.45) is 0 Å². The van der Waals surface area contributed by atoms with Gasteiger partial charge < -0.3 is 5.32 Å². The van der Waals surface area contributed by atoms with Crippen molar-refractivity contribution in [1.82, 2.24) is 0 Å². The molecule has 1 heterocycles. The summed E-state index contributed by atoms with van der Waals surface area (Å²) >= 11 is 18.1. The number of nitrogens with one attached hydrogen (secondary N) is 1. The van der Waals surface area contributed by atoms with E-state index in [0.29, 0.717) is 32.0 Å². The highest BCUT2D eigenvalue weighted by Crippen LogP contribution is 2.35. The Kier molecular flexibility index (Phi) is 5.56. The Bertz CT molecular complexity index is 1200. The lowest BCUT2D eigenvalue weighted by Gasteiger charge is -2.16. The largest absolute Gasteiger partial charge is 0.350 e. The Morgan fingerprint density at radius 2 is 1.43 bits per heavy atom. The molecule has 3 aromatic carbocycles. The van der Waals surface area contributed by atoms with Crippen LogP contribution in [0.5, 0.6) is 0 Å². The zero-order valence-electron chi connectivity index (χ0n) is 15.7. The lowest BCUT2D eigenvalue weighted by atomic mass is 10.0. The van der Waals surface area contributed by atoms with Crippen molar-refractivity contribution >= 4 is 63.6 Å². The van der Waals surface area contributed by atoms with Crippen LogP contribution in [-0.4, -0.2) is 11.8 Å². The highest BCUT2D eigenvalue weighted by atomic mass is 35.5. The summed E-state index contributed by atoms with van der Waals surface area (Å²) < 4.78 is 0. The molecular formula is C23H15Cl3N2O2.